The predicted molar refractivity (Wildman–Crippen MR) is 87.9 cm³/mol. The fraction of sp³-hybridized carbons (Fsp3) is 0.235. The minimum atomic E-state index is -0.442. The van der Waals surface area contributed by atoms with E-state index in [4.69, 9.17) is 4.74 Å². The largest absolute Gasteiger partial charge is 0.402 e. The minimum Gasteiger partial charge on any atom is -0.402 e. The van der Waals surface area contributed by atoms with E-state index in [9.17, 15) is 4.79 Å². The monoisotopic (exact) mass is 312 g/mol. The van der Waals surface area contributed by atoms with Gasteiger partial charge in [-0.15, -0.1) is 11.3 Å². The Balaban J connectivity index is 1.88. The highest BCUT2D eigenvalue weighted by molar-refractivity contribution is 7.07. The lowest BCUT2D eigenvalue weighted by Gasteiger charge is -2.18. The van der Waals surface area contributed by atoms with E-state index in [1.54, 1.807) is 11.6 Å². The summed E-state index contributed by atoms with van der Waals surface area (Å²) in [4.78, 5) is 20.3. The summed E-state index contributed by atoms with van der Waals surface area (Å²) in [6.45, 7) is 6.47. The molecule has 0 radical (unpaired) electrons. The number of nitrogens with zero attached hydrogens (tertiary/aromatic N) is 2. The molecule has 0 unspecified atom stereocenters. The van der Waals surface area contributed by atoms with Gasteiger partial charge in [-0.1, -0.05) is 32.9 Å². The van der Waals surface area contributed by atoms with Gasteiger partial charge in [0.05, 0.1) is 11.2 Å². The van der Waals surface area contributed by atoms with Crippen molar-refractivity contribution in [1.29, 1.82) is 0 Å². The summed E-state index contributed by atoms with van der Waals surface area (Å²) in [5.74, 6) is -0.102. The van der Waals surface area contributed by atoms with Crippen LogP contribution in [-0.4, -0.2) is 16.9 Å². The number of esters is 1. The van der Waals surface area contributed by atoms with Gasteiger partial charge >= 0.3 is 5.97 Å². The van der Waals surface area contributed by atoms with Crippen LogP contribution in [0.4, 0.5) is 0 Å². The van der Waals surface area contributed by atoms with Crippen LogP contribution in [0.5, 0.6) is 0 Å². The molecule has 0 fully saturated rings. The molecule has 0 saturated carbocycles. The van der Waals surface area contributed by atoms with Crippen LogP contribution in [0.25, 0.3) is 6.08 Å². The number of thiazole rings is 1. The molecule has 4 nitrogen and oxygen atoms in total. The number of ether oxygens (including phenoxy) is 1. The first-order valence-corrected chi connectivity index (χ1v) is 7.89. The molecule has 1 aliphatic rings. The molecular weight excluding hydrogens is 296 g/mol. The molecule has 0 amide bonds. The number of aliphatic imine (C=N–C) groups is 1. The normalized spacial score (nSPS) is 16.8. The molecule has 0 spiro atoms. The van der Waals surface area contributed by atoms with Crippen molar-refractivity contribution < 1.29 is 9.53 Å². The lowest BCUT2D eigenvalue weighted by molar-refractivity contribution is -0.129. The fourth-order valence-electron chi connectivity index (χ4n) is 2.08. The van der Waals surface area contributed by atoms with Crippen LogP contribution in [0, 0.1) is 0 Å². The van der Waals surface area contributed by atoms with Crippen LogP contribution in [0.3, 0.4) is 0 Å². The van der Waals surface area contributed by atoms with Gasteiger partial charge in [0.15, 0.2) is 5.70 Å². The van der Waals surface area contributed by atoms with E-state index in [2.05, 4.69) is 30.7 Å². The summed E-state index contributed by atoms with van der Waals surface area (Å²) in [6, 6.07) is 7.93. The summed E-state index contributed by atoms with van der Waals surface area (Å²) < 4.78 is 5.25. The zero-order valence-corrected chi connectivity index (χ0v) is 13.5. The number of aromatic nitrogens is 1. The molecular formula is C17H16N2O2S. The highest BCUT2D eigenvalue weighted by atomic mass is 32.1. The zero-order valence-electron chi connectivity index (χ0n) is 12.7. The Hall–Kier alpha value is -2.27. The summed E-state index contributed by atoms with van der Waals surface area (Å²) in [5, 5.41) is 1.85. The van der Waals surface area contributed by atoms with Crippen molar-refractivity contribution in [2.24, 2.45) is 4.99 Å². The van der Waals surface area contributed by atoms with Crippen molar-refractivity contribution in [2.45, 2.75) is 26.2 Å². The van der Waals surface area contributed by atoms with Gasteiger partial charge in [-0.25, -0.2) is 14.8 Å². The Morgan fingerprint density at radius 1 is 1.18 bits per heavy atom. The summed E-state index contributed by atoms with van der Waals surface area (Å²) in [6.07, 6.45) is 1.63. The van der Waals surface area contributed by atoms with E-state index in [0.29, 0.717) is 11.6 Å². The molecule has 1 aromatic carbocycles. The van der Waals surface area contributed by atoms with Crippen molar-refractivity contribution in [3.8, 4) is 0 Å². The lowest BCUT2D eigenvalue weighted by atomic mass is 9.87. The lowest BCUT2D eigenvalue weighted by Crippen LogP contribution is -2.11. The SMILES string of the molecule is CC(C)(C)c1ccc(C2=N/C(=C/c3cscn3)C(=O)O2)cc1. The zero-order chi connectivity index (χ0) is 15.7. The number of cyclic esters (lactones) is 1. The van der Waals surface area contributed by atoms with E-state index in [1.807, 2.05) is 29.6 Å². The standard InChI is InChI=1S/C17H16N2O2S/c1-17(2,3)12-6-4-11(5-7-12)15-19-14(16(20)21-15)8-13-9-22-10-18-13/h4-10H,1-3H3/b14-8+. The molecule has 0 N–H and O–H groups in total. The molecule has 0 bridgehead atoms. The second-order valence-electron chi connectivity index (χ2n) is 6.08. The maximum absolute atomic E-state index is 11.9. The molecule has 0 saturated heterocycles. The molecule has 22 heavy (non-hydrogen) atoms. The van der Waals surface area contributed by atoms with E-state index in [1.165, 1.54) is 16.9 Å². The Bertz CT molecular complexity index is 751. The second-order valence-corrected chi connectivity index (χ2v) is 6.80. The Labute approximate surface area is 133 Å². The number of benzene rings is 1. The molecule has 2 aromatic rings. The third-order valence-corrected chi connectivity index (χ3v) is 3.96. The van der Waals surface area contributed by atoms with Gasteiger partial charge in [-0.3, -0.25) is 0 Å². The topological polar surface area (TPSA) is 51.5 Å². The molecule has 2 heterocycles. The average molecular weight is 312 g/mol. The van der Waals surface area contributed by atoms with Crippen molar-refractivity contribution in [1.82, 2.24) is 4.98 Å². The first-order valence-electron chi connectivity index (χ1n) is 6.95. The predicted octanol–water partition coefficient (Wildman–Crippen LogP) is 3.79. The molecule has 5 heteroatoms. The first-order chi connectivity index (χ1) is 10.4. The first kappa shape index (κ1) is 14.7. The number of hydrogen-bond acceptors (Lipinski definition) is 5. The maximum atomic E-state index is 11.9. The van der Waals surface area contributed by atoms with E-state index < -0.39 is 5.97 Å². The Morgan fingerprint density at radius 2 is 1.91 bits per heavy atom. The highest BCUT2D eigenvalue weighted by Gasteiger charge is 2.24. The van der Waals surface area contributed by atoms with Gasteiger partial charge in [0.25, 0.3) is 0 Å². The maximum Gasteiger partial charge on any atom is 0.363 e. The second kappa shape index (κ2) is 5.50. The van der Waals surface area contributed by atoms with Crippen LogP contribution in [0.15, 0.2) is 45.8 Å². The van der Waals surface area contributed by atoms with Crippen LogP contribution >= 0.6 is 11.3 Å². The number of hydrogen-bond donors (Lipinski definition) is 0. The van der Waals surface area contributed by atoms with Gasteiger partial charge in [0, 0.05) is 10.9 Å². The van der Waals surface area contributed by atoms with E-state index in [-0.39, 0.29) is 11.1 Å². The summed E-state index contributed by atoms with van der Waals surface area (Å²) in [7, 11) is 0. The van der Waals surface area contributed by atoms with Gasteiger partial charge in [0.2, 0.25) is 5.90 Å². The van der Waals surface area contributed by atoms with Crippen molar-refractivity contribution >= 4 is 29.3 Å². The molecule has 1 aromatic heterocycles. The molecule has 112 valence electrons. The third-order valence-electron chi connectivity index (χ3n) is 3.35. The fourth-order valence-corrected chi connectivity index (χ4v) is 2.59. The molecule has 0 atom stereocenters. The summed E-state index contributed by atoms with van der Waals surface area (Å²) in [5.41, 5.74) is 4.80. The van der Waals surface area contributed by atoms with E-state index in [0.717, 1.165) is 5.56 Å². The van der Waals surface area contributed by atoms with Gasteiger partial charge in [-0.05, 0) is 29.2 Å². The Morgan fingerprint density at radius 3 is 2.50 bits per heavy atom. The van der Waals surface area contributed by atoms with Crippen molar-refractivity contribution in [2.75, 3.05) is 0 Å². The average Bonchev–Trinajstić information content (AvgIpc) is 3.09. The molecule has 0 aliphatic carbocycles. The highest BCUT2D eigenvalue weighted by Crippen LogP contribution is 2.24. The smallest absolute Gasteiger partial charge is 0.363 e. The quantitative estimate of drug-likeness (QED) is 0.626. The third kappa shape index (κ3) is 2.99. The van der Waals surface area contributed by atoms with Crippen LogP contribution < -0.4 is 0 Å². The summed E-state index contributed by atoms with van der Waals surface area (Å²) >= 11 is 1.47. The van der Waals surface area contributed by atoms with Crippen molar-refractivity contribution in [3.05, 3.63) is 57.7 Å². The van der Waals surface area contributed by atoms with Crippen molar-refractivity contribution in [3.63, 3.8) is 0 Å². The van der Waals surface area contributed by atoms with Gasteiger partial charge in [-0.2, -0.15) is 0 Å². The van der Waals surface area contributed by atoms with Gasteiger partial charge in [0.1, 0.15) is 0 Å². The van der Waals surface area contributed by atoms with Gasteiger partial charge < -0.3 is 4.74 Å². The van der Waals surface area contributed by atoms with Crippen LogP contribution in [0.2, 0.25) is 0 Å². The van der Waals surface area contributed by atoms with Crippen LogP contribution in [-0.2, 0) is 14.9 Å². The number of rotatable bonds is 2. The molecule has 3 rings (SSSR count). The number of carbonyl (C=O) groups is 1. The molecule has 1 aliphatic heterocycles. The Kier molecular flexibility index (Phi) is 3.66. The van der Waals surface area contributed by atoms with E-state index >= 15 is 0 Å². The van der Waals surface area contributed by atoms with Crippen LogP contribution in [0.1, 0.15) is 37.6 Å². The number of carbonyl (C=O) groups excluding carboxylic acids is 1. The minimum absolute atomic E-state index is 0.0857.